The van der Waals surface area contributed by atoms with E-state index in [1.165, 1.54) is 18.2 Å². The molecule has 2 rings (SSSR count). The van der Waals surface area contributed by atoms with Crippen LogP contribution >= 0.6 is 11.6 Å². The predicted octanol–water partition coefficient (Wildman–Crippen LogP) is 2.73. The van der Waals surface area contributed by atoms with Gasteiger partial charge in [0.25, 0.3) is 0 Å². The molecule has 1 fully saturated rings. The van der Waals surface area contributed by atoms with Gasteiger partial charge in [0.05, 0.1) is 12.3 Å². The summed E-state index contributed by atoms with van der Waals surface area (Å²) in [4.78, 5) is 25.0. The first-order valence-electron chi connectivity index (χ1n) is 6.84. The van der Waals surface area contributed by atoms with Crippen molar-refractivity contribution in [1.82, 2.24) is 4.90 Å². The lowest BCUT2D eigenvalue weighted by Gasteiger charge is -2.36. The summed E-state index contributed by atoms with van der Waals surface area (Å²) < 4.78 is 13.0. The first kappa shape index (κ1) is 15.8. The molecule has 1 aromatic rings. The van der Waals surface area contributed by atoms with Crippen LogP contribution in [-0.2, 0) is 16.0 Å². The van der Waals surface area contributed by atoms with E-state index < -0.39 is 17.7 Å². The van der Waals surface area contributed by atoms with Gasteiger partial charge in [-0.2, -0.15) is 0 Å². The lowest BCUT2D eigenvalue weighted by molar-refractivity contribution is -0.147. The van der Waals surface area contributed by atoms with Gasteiger partial charge in [0.2, 0.25) is 5.91 Å². The molecule has 1 aliphatic rings. The zero-order chi connectivity index (χ0) is 15.6. The first-order valence-corrected chi connectivity index (χ1v) is 7.22. The maximum absolute atomic E-state index is 13.0. The Kier molecular flexibility index (Phi) is 4.83. The van der Waals surface area contributed by atoms with Crippen LogP contribution in [0.1, 0.15) is 25.3 Å². The molecule has 1 saturated heterocycles. The first-order chi connectivity index (χ1) is 9.88. The van der Waals surface area contributed by atoms with Crippen LogP contribution in [0.25, 0.3) is 0 Å². The number of carboxylic acids is 1. The van der Waals surface area contributed by atoms with Crippen LogP contribution in [-0.4, -0.2) is 34.5 Å². The third-order valence-electron chi connectivity index (χ3n) is 3.91. The minimum absolute atomic E-state index is 0.00678. The van der Waals surface area contributed by atoms with Crippen LogP contribution in [0.4, 0.5) is 4.39 Å². The van der Waals surface area contributed by atoms with Gasteiger partial charge in [-0.15, -0.1) is 0 Å². The quantitative estimate of drug-likeness (QED) is 0.933. The fourth-order valence-corrected chi connectivity index (χ4v) is 2.82. The van der Waals surface area contributed by atoms with E-state index in [-0.39, 0.29) is 29.9 Å². The minimum atomic E-state index is -0.875. The Balaban J connectivity index is 2.09. The lowest BCUT2D eigenvalue weighted by atomic mass is 9.93. The number of amides is 1. The molecular weight excluding hydrogens is 297 g/mol. The molecule has 2 atom stereocenters. The minimum Gasteiger partial charge on any atom is -0.481 e. The number of carboxylic acid groups (broad SMARTS) is 1. The van der Waals surface area contributed by atoms with Crippen molar-refractivity contribution >= 4 is 23.5 Å². The molecule has 0 spiro atoms. The smallest absolute Gasteiger partial charge is 0.308 e. The normalized spacial score (nSPS) is 22.1. The van der Waals surface area contributed by atoms with Crippen molar-refractivity contribution in [2.75, 3.05) is 6.54 Å². The van der Waals surface area contributed by atoms with E-state index in [1.807, 2.05) is 6.92 Å². The Labute approximate surface area is 127 Å². The molecule has 114 valence electrons. The third kappa shape index (κ3) is 3.73. The Hall–Kier alpha value is -1.62. The van der Waals surface area contributed by atoms with E-state index in [0.29, 0.717) is 18.4 Å². The van der Waals surface area contributed by atoms with Crippen LogP contribution in [0.15, 0.2) is 18.2 Å². The molecule has 0 bridgehead atoms. The highest BCUT2D eigenvalue weighted by Gasteiger charge is 2.32. The van der Waals surface area contributed by atoms with Gasteiger partial charge in [0.1, 0.15) is 5.82 Å². The van der Waals surface area contributed by atoms with Gasteiger partial charge >= 0.3 is 5.97 Å². The maximum Gasteiger partial charge on any atom is 0.308 e. The highest BCUT2D eigenvalue weighted by Crippen LogP contribution is 2.24. The van der Waals surface area contributed by atoms with Crippen LogP contribution < -0.4 is 0 Å². The largest absolute Gasteiger partial charge is 0.481 e. The molecule has 1 N–H and O–H groups in total. The number of nitrogens with zero attached hydrogens (tertiary/aromatic N) is 1. The standard InChI is InChI=1S/C15H17ClFNO3/c1-9-2-3-11(15(20)21)8-18(9)14(19)6-10-4-5-12(17)7-13(10)16/h4-5,7,9,11H,2-3,6,8H2,1H3,(H,20,21)/t9-,11+/m0/s1. The van der Waals surface area contributed by atoms with Crippen LogP contribution in [0.3, 0.4) is 0 Å². The summed E-state index contributed by atoms with van der Waals surface area (Å²) in [6.45, 7) is 2.12. The van der Waals surface area contributed by atoms with Crippen molar-refractivity contribution < 1.29 is 19.1 Å². The predicted molar refractivity (Wildman–Crippen MR) is 76.6 cm³/mol. The van der Waals surface area contributed by atoms with E-state index in [0.717, 1.165) is 0 Å². The number of carbonyl (C=O) groups is 2. The molecule has 0 aliphatic carbocycles. The van der Waals surface area contributed by atoms with Crippen LogP contribution in [0.2, 0.25) is 5.02 Å². The van der Waals surface area contributed by atoms with E-state index in [2.05, 4.69) is 0 Å². The van der Waals surface area contributed by atoms with Crippen LogP contribution in [0.5, 0.6) is 0 Å². The SMILES string of the molecule is C[C@H]1CC[C@@H](C(=O)O)CN1C(=O)Cc1ccc(F)cc1Cl. The summed E-state index contributed by atoms with van der Waals surface area (Å²) >= 11 is 5.92. The van der Waals surface area contributed by atoms with E-state index >= 15 is 0 Å². The van der Waals surface area contributed by atoms with Gasteiger partial charge in [-0.1, -0.05) is 17.7 Å². The zero-order valence-electron chi connectivity index (χ0n) is 11.7. The summed E-state index contributed by atoms with van der Waals surface area (Å²) in [5.74, 6) is -2.02. The van der Waals surface area contributed by atoms with Gasteiger partial charge in [0.15, 0.2) is 0 Å². The molecule has 4 nitrogen and oxygen atoms in total. The fraction of sp³-hybridized carbons (Fsp3) is 0.467. The second-order valence-electron chi connectivity index (χ2n) is 5.42. The van der Waals surface area contributed by atoms with E-state index in [4.69, 9.17) is 16.7 Å². The monoisotopic (exact) mass is 313 g/mol. The number of hydrogen-bond acceptors (Lipinski definition) is 2. The second-order valence-corrected chi connectivity index (χ2v) is 5.83. The van der Waals surface area contributed by atoms with Crippen molar-refractivity contribution in [2.24, 2.45) is 5.92 Å². The number of hydrogen-bond donors (Lipinski definition) is 1. The van der Waals surface area contributed by atoms with Crippen molar-refractivity contribution in [3.8, 4) is 0 Å². The van der Waals surface area contributed by atoms with Crippen molar-refractivity contribution in [3.05, 3.63) is 34.6 Å². The number of benzene rings is 1. The summed E-state index contributed by atoms with van der Waals surface area (Å²) in [6.07, 6.45) is 1.30. The van der Waals surface area contributed by atoms with Gasteiger partial charge < -0.3 is 10.0 Å². The third-order valence-corrected chi connectivity index (χ3v) is 4.26. The van der Waals surface area contributed by atoms with Gasteiger partial charge in [-0.05, 0) is 37.5 Å². The molecule has 0 unspecified atom stereocenters. The molecular formula is C15H17ClFNO3. The topological polar surface area (TPSA) is 57.6 Å². The molecule has 0 aromatic heterocycles. The van der Waals surface area contributed by atoms with Gasteiger partial charge in [0, 0.05) is 17.6 Å². The highest BCUT2D eigenvalue weighted by molar-refractivity contribution is 6.31. The van der Waals surface area contributed by atoms with E-state index in [9.17, 15) is 14.0 Å². The average molecular weight is 314 g/mol. The molecule has 1 aliphatic heterocycles. The van der Waals surface area contributed by atoms with Crippen molar-refractivity contribution in [1.29, 1.82) is 0 Å². The number of rotatable bonds is 3. The van der Waals surface area contributed by atoms with Gasteiger partial charge in [-0.3, -0.25) is 9.59 Å². The number of piperidine rings is 1. The number of likely N-dealkylation sites (tertiary alicyclic amines) is 1. The van der Waals surface area contributed by atoms with Crippen LogP contribution in [0, 0.1) is 11.7 Å². The Morgan fingerprint density at radius 2 is 2.14 bits per heavy atom. The Bertz CT molecular complexity index is 564. The second kappa shape index (κ2) is 6.43. The average Bonchev–Trinajstić information content (AvgIpc) is 2.42. The Morgan fingerprint density at radius 3 is 2.76 bits per heavy atom. The number of carbonyl (C=O) groups excluding carboxylic acids is 1. The van der Waals surface area contributed by atoms with E-state index in [1.54, 1.807) is 4.90 Å². The molecule has 0 radical (unpaired) electrons. The molecule has 1 aromatic carbocycles. The molecule has 6 heteroatoms. The van der Waals surface area contributed by atoms with Crippen molar-refractivity contribution in [2.45, 2.75) is 32.2 Å². The summed E-state index contributed by atoms with van der Waals surface area (Å²) in [6, 6.07) is 3.92. The number of aliphatic carboxylic acids is 1. The summed E-state index contributed by atoms with van der Waals surface area (Å²) in [5.41, 5.74) is 0.549. The summed E-state index contributed by atoms with van der Waals surface area (Å²) in [5, 5.41) is 9.30. The maximum atomic E-state index is 13.0. The molecule has 0 saturated carbocycles. The van der Waals surface area contributed by atoms with Crippen molar-refractivity contribution in [3.63, 3.8) is 0 Å². The zero-order valence-corrected chi connectivity index (χ0v) is 12.4. The fourth-order valence-electron chi connectivity index (χ4n) is 2.59. The summed E-state index contributed by atoms with van der Waals surface area (Å²) in [7, 11) is 0. The van der Waals surface area contributed by atoms with Gasteiger partial charge in [-0.25, -0.2) is 4.39 Å². The Morgan fingerprint density at radius 1 is 1.43 bits per heavy atom. The molecule has 21 heavy (non-hydrogen) atoms. The lowest BCUT2D eigenvalue weighted by Crippen LogP contribution is -2.47. The molecule has 1 heterocycles. The number of halogens is 2. The molecule has 1 amide bonds. The highest BCUT2D eigenvalue weighted by atomic mass is 35.5.